The lowest BCUT2D eigenvalue weighted by molar-refractivity contribution is -0.138. The van der Waals surface area contributed by atoms with Crippen molar-refractivity contribution in [2.24, 2.45) is 0 Å². The summed E-state index contributed by atoms with van der Waals surface area (Å²) in [6.45, 7) is 3.71. The van der Waals surface area contributed by atoms with Crippen LogP contribution in [-0.2, 0) is 6.18 Å². The maximum atomic E-state index is 13.0. The predicted molar refractivity (Wildman–Crippen MR) is 91.4 cm³/mol. The highest BCUT2D eigenvalue weighted by molar-refractivity contribution is 5.89. The molecule has 3 atom stereocenters. The Morgan fingerprint density at radius 2 is 2.08 bits per heavy atom. The Kier molecular flexibility index (Phi) is 6.81. The first-order valence-corrected chi connectivity index (χ1v) is 8.30. The van der Waals surface area contributed by atoms with Gasteiger partial charge in [-0.1, -0.05) is 6.07 Å². The van der Waals surface area contributed by atoms with E-state index in [0.717, 1.165) is 12.5 Å². The van der Waals surface area contributed by atoms with Crippen LogP contribution in [0.3, 0.4) is 0 Å². The molecule has 1 aliphatic rings. The van der Waals surface area contributed by atoms with Gasteiger partial charge < -0.3 is 15.7 Å². The average molecular weight is 375 g/mol. The molecule has 0 radical (unpaired) electrons. The monoisotopic (exact) mass is 375 g/mol. The first kappa shape index (κ1) is 20.4. The SMILES string of the molecule is Cc1ccc(NC(=O)NC2NC(C)CC(NCCO)N2)cc1C(F)(F)F. The molecule has 6 N–H and O–H groups in total. The molecular weight excluding hydrogens is 351 g/mol. The molecule has 1 heterocycles. The first-order chi connectivity index (χ1) is 12.2. The third kappa shape index (κ3) is 5.84. The van der Waals surface area contributed by atoms with Crippen molar-refractivity contribution in [3.8, 4) is 0 Å². The molecule has 10 heteroatoms. The van der Waals surface area contributed by atoms with Crippen LogP contribution in [0.1, 0.15) is 24.5 Å². The number of rotatable bonds is 5. The summed E-state index contributed by atoms with van der Waals surface area (Å²) in [4.78, 5) is 12.1. The normalized spacial score (nSPS) is 23.5. The Morgan fingerprint density at radius 1 is 1.35 bits per heavy atom. The summed E-state index contributed by atoms with van der Waals surface area (Å²) in [5, 5.41) is 23.2. The number of carbonyl (C=O) groups is 1. The fourth-order valence-corrected chi connectivity index (χ4v) is 2.79. The van der Waals surface area contributed by atoms with Gasteiger partial charge in [0.1, 0.15) is 6.29 Å². The molecule has 146 valence electrons. The molecule has 0 aliphatic carbocycles. The van der Waals surface area contributed by atoms with Crippen LogP contribution in [0, 0.1) is 6.92 Å². The van der Waals surface area contributed by atoms with Gasteiger partial charge >= 0.3 is 12.2 Å². The molecule has 2 rings (SSSR count). The van der Waals surface area contributed by atoms with E-state index in [9.17, 15) is 18.0 Å². The van der Waals surface area contributed by atoms with Crippen molar-refractivity contribution in [1.82, 2.24) is 21.3 Å². The molecule has 2 amide bonds. The quantitative estimate of drug-likeness (QED) is 0.466. The lowest BCUT2D eigenvalue weighted by Crippen LogP contribution is -2.67. The molecule has 1 saturated heterocycles. The summed E-state index contributed by atoms with van der Waals surface area (Å²) in [5.41, 5.74) is -0.643. The number of hydrogen-bond acceptors (Lipinski definition) is 5. The fraction of sp³-hybridized carbons (Fsp3) is 0.562. The second kappa shape index (κ2) is 8.67. The number of urea groups is 1. The molecule has 0 saturated carbocycles. The minimum absolute atomic E-state index is 0.00642. The maximum absolute atomic E-state index is 13.0. The van der Waals surface area contributed by atoms with Crippen molar-refractivity contribution >= 4 is 11.7 Å². The van der Waals surface area contributed by atoms with E-state index in [2.05, 4.69) is 26.6 Å². The molecule has 1 aliphatic heterocycles. The van der Waals surface area contributed by atoms with Gasteiger partial charge in [-0.15, -0.1) is 0 Å². The van der Waals surface area contributed by atoms with Gasteiger partial charge in [-0.2, -0.15) is 13.2 Å². The third-order valence-electron chi connectivity index (χ3n) is 3.99. The van der Waals surface area contributed by atoms with Crippen LogP contribution in [0.15, 0.2) is 18.2 Å². The smallest absolute Gasteiger partial charge is 0.395 e. The van der Waals surface area contributed by atoms with Crippen LogP contribution in [0.4, 0.5) is 23.7 Å². The lowest BCUT2D eigenvalue weighted by atomic mass is 10.1. The van der Waals surface area contributed by atoms with E-state index < -0.39 is 24.1 Å². The zero-order valence-electron chi connectivity index (χ0n) is 14.6. The van der Waals surface area contributed by atoms with E-state index in [-0.39, 0.29) is 30.1 Å². The Balaban J connectivity index is 1.96. The van der Waals surface area contributed by atoms with Crippen molar-refractivity contribution < 1.29 is 23.1 Å². The zero-order chi connectivity index (χ0) is 19.3. The van der Waals surface area contributed by atoms with Gasteiger partial charge in [0.15, 0.2) is 0 Å². The largest absolute Gasteiger partial charge is 0.416 e. The van der Waals surface area contributed by atoms with Gasteiger partial charge in [0.25, 0.3) is 0 Å². The van der Waals surface area contributed by atoms with Gasteiger partial charge in [0, 0.05) is 18.3 Å². The molecule has 0 aromatic heterocycles. The number of aliphatic hydroxyl groups is 1. The van der Waals surface area contributed by atoms with E-state index in [1.807, 2.05) is 6.92 Å². The van der Waals surface area contributed by atoms with E-state index in [0.29, 0.717) is 6.54 Å². The minimum atomic E-state index is -4.48. The number of carbonyl (C=O) groups excluding carboxylic acids is 1. The summed E-state index contributed by atoms with van der Waals surface area (Å²) >= 11 is 0. The second-order valence-electron chi connectivity index (χ2n) is 6.26. The van der Waals surface area contributed by atoms with Gasteiger partial charge in [-0.25, -0.2) is 4.79 Å². The second-order valence-corrected chi connectivity index (χ2v) is 6.26. The highest BCUT2D eigenvalue weighted by atomic mass is 19.4. The Hall–Kier alpha value is -1.88. The van der Waals surface area contributed by atoms with Crippen molar-refractivity contribution in [2.75, 3.05) is 18.5 Å². The molecule has 7 nitrogen and oxygen atoms in total. The van der Waals surface area contributed by atoms with Gasteiger partial charge in [-0.05, 0) is 38.0 Å². The summed E-state index contributed by atoms with van der Waals surface area (Å²) in [7, 11) is 0. The van der Waals surface area contributed by atoms with Gasteiger partial charge in [0.05, 0.1) is 18.3 Å². The first-order valence-electron chi connectivity index (χ1n) is 8.30. The van der Waals surface area contributed by atoms with Crippen LogP contribution < -0.4 is 26.6 Å². The molecule has 3 unspecified atom stereocenters. The van der Waals surface area contributed by atoms with Gasteiger partial charge in [-0.3, -0.25) is 16.0 Å². The van der Waals surface area contributed by atoms with Crippen LogP contribution in [0.2, 0.25) is 0 Å². The van der Waals surface area contributed by atoms with E-state index in [1.54, 1.807) is 0 Å². The third-order valence-corrected chi connectivity index (χ3v) is 3.99. The number of benzene rings is 1. The number of alkyl halides is 3. The van der Waals surface area contributed by atoms with Crippen molar-refractivity contribution in [2.45, 2.75) is 44.9 Å². The molecule has 0 bridgehead atoms. The molecule has 1 fully saturated rings. The Labute approximate surface area is 149 Å². The highest BCUT2D eigenvalue weighted by Crippen LogP contribution is 2.33. The fourth-order valence-electron chi connectivity index (χ4n) is 2.79. The van der Waals surface area contributed by atoms with Crippen LogP contribution in [-0.4, -0.2) is 42.8 Å². The summed E-state index contributed by atoms with van der Waals surface area (Å²) in [6.07, 6.45) is -4.42. The van der Waals surface area contributed by atoms with E-state index in [1.165, 1.54) is 19.1 Å². The number of aryl methyl sites for hydroxylation is 1. The Morgan fingerprint density at radius 3 is 2.73 bits per heavy atom. The lowest BCUT2D eigenvalue weighted by Gasteiger charge is -2.36. The number of anilines is 1. The maximum Gasteiger partial charge on any atom is 0.416 e. The van der Waals surface area contributed by atoms with E-state index >= 15 is 0 Å². The number of hydrogen-bond donors (Lipinski definition) is 6. The molecular formula is C16H24F3N5O2. The Bertz CT molecular complexity index is 626. The molecule has 26 heavy (non-hydrogen) atoms. The minimum Gasteiger partial charge on any atom is -0.395 e. The number of nitrogens with one attached hydrogen (secondary N) is 5. The number of amides is 2. The predicted octanol–water partition coefficient (Wildman–Crippen LogP) is 1.30. The van der Waals surface area contributed by atoms with E-state index in [4.69, 9.17) is 5.11 Å². The van der Waals surface area contributed by atoms with Crippen LogP contribution >= 0.6 is 0 Å². The summed E-state index contributed by atoms with van der Waals surface area (Å²) < 4.78 is 38.9. The van der Waals surface area contributed by atoms with Crippen LogP contribution in [0.25, 0.3) is 0 Å². The molecule has 1 aromatic rings. The van der Waals surface area contributed by atoms with Gasteiger partial charge in [0.2, 0.25) is 0 Å². The topological polar surface area (TPSA) is 97.5 Å². The summed E-state index contributed by atoms with van der Waals surface area (Å²) in [5.74, 6) is 0. The average Bonchev–Trinajstić information content (AvgIpc) is 2.53. The molecule has 1 aromatic carbocycles. The number of halogens is 3. The number of aliphatic hydroxyl groups excluding tert-OH is 1. The van der Waals surface area contributed by atoms with Crippen LogP contribution in [0.5, 0.6) is 0 Å². The summed E-state index contributed by atoms with van der Waals surface area (Å²) in [6, 6.07) is 3.09. The van der Waals surface area contributed by atoms with Crippen molar-refractivity contribution in [3.63, 3.8) is 0 Å². The zero-order valence-corrected chi connectivity index (χ0v) is 14.6. The highest BCUT2D eigenvalue weighted by Gasteiger charge is 2.32. The standard InChI is InChI=1S/C16H24F3N5O2/c1-9-3-4-11(8-12(9)16(17,18)19)22-15(26)24-14-21-10(2)7-13(23-14)20-5-6-25/h3-4,8,10,13-14,20-21,23,25H,5-7H2,1-2H3,(H2,22,24,26). The van der Waals surface area contributed by atoms with Crippen molar-refractivity contribution in [3.05, 3.63) is 29.3 Å². The molecule has 0 spiro atoms. The van der Waals surface area contributed by atoms with Crippen molar-refractivity contribution in [1.29, 1.82) is 0 Å².